The second-order valence-electron chi connectivity index (χ2n) is 5.13. The Balaban J connectivity index is 1.82. The van der Waals surface area contributed by atoms with Crippen LogP contribution < -0.4 is 5.32 Å². The minimum atomic E-state index is -0.879. The molecule has 1 aliphatic carbocycles. The Kier molecular flexibility index (Phi) is 4.67. The van der Waals surface area contributed by atoms with E-state index in [1.807, 2.05) is 0 Å². The number of aliphatic carboxylic acids is 1. The van der Waals surface area contributed by atoms with Crippen LogP contribution in [0.5, 0.6) is 0 Å². The number of rotatable bonds is 6. The molecule has 2 N–H and O–H groups in total. The fraction of sp³-hybridized carbons (Fsp3) is 0.462. The van der Waals surface area contributed by atoms with E-state index < -0.39 is 11.4 Å². The molecule has 0 atom stereocenters. The predicted octanol–water partition coefficient (Wildman–Crippen LogP) is 1.56. The molecule has 0 spiro atoms. The summed E-state index contributed by atoms with van der Waals surface area (Å²) in [5.74, 6) is -1.47. The van der Waals surface area contributed by atoms with Crippen LogP contribution in [0.4, 0.5) is 0 Å². The van der Waals surface area contributed by atoms with Gasteiger partial charge in [-0.15, -0.1) is 11.3 Å². The van der Waals surface area contributed by atoms with Gasteiger partial charge in [-0.3, -0.25) is 14.4 Å². The number of nitrogens with one attached hydrogen (secondary N) is 1. The smallest absolute Gasteiger partial charge is 0.311 e. The van der Waals surface area contributed by atoms with E-state index in [1.165, 1.54) is 16.2 Å². The molecule has 1 heterocycles. The van der Waals surface area contributed by atoms with E-state index in [0.29, 0.717) is 17.7 Å². The third kappa shape index (κ3) is 3.82. The summed E-state index contributed by atoms with van der Waals surface area (Å²) in [5.41, 5.74) is -0.795. The lowest BCUT2D eigenvalue weighted by Crippen LogP contribution is -2.41. The van der Waals surface area contributed by atoms with Crippen LogP contribution in [-0.4, -0.2) is 47.9 Å². The molecule has 0 aliphatic heterocycles. The average Bonchev–Trinajstić information content (AvgIpc) is 3.11. The molecule has 1 aromatic heterocycles. The average molecular weight is 375 g/mol. The molecule has 0 bridgehead atoms. The standard InChI is InChI=1S/C13H15BrN2O4S/c1-16(11(18)8-2-3-9(14)21-8)6-10(17)15-7-13(4-5-13)12(19)20/h2-3H,4-7H2,1H3,(H,15,17)(H,19,20). The SMILES string of the molecule is CN(CC(=O)NCC1(C(=O)O)CC1)C(=O)c1ccc(Br)s1. The van der Waals surface area contributed by atoms with Crippen molar-refractivity contribution in [1.29, 1.82) is 0 Å². The fourth-order valence-corrected chi connectivity index (χ4v) is 3.23. The van der Waals surface area contributed by atoms with Crippen LogP contribution in [0.25, 0.3) is 0 Å². The van der Waals surface area contributed by atoms with E-state index in [0.717, 1.165) is 3.79 Å². The van der Waals surface area contributed by atoms with Crippen LogP contribution in [0.15, 0.2) is 15.9 Å². The van der Waals surface area contributed by atoms with Crippen LogP contribution in [0.1, 0.15) is 22.5 Å². The zero-order chi connectivity index (χ0) is 15.6. The number of carbonyl (C=O) groups excluding carboxylic acids is 2. The first-order valence-corrected chi connectivity index (χ1v) is 7.96. The molecule has 0 unspecified atom stereocenters. The van der Waals surface area contributed by atoms with Crippen molar-refractivity contribution in [3.8, 4) is 0 Å². The molecule has 114 valence electrons. The number of amides is 2. The quantitative estimate of drug-likeness (QED) is 0.790. The highest BCUT2D eigenvalue weighted by atomic mass is 79.9. The van der Waals surface area contributed by atoms with Gasteiger partial charge in [-0.1, -0.05) is 0 Å². The van der Waals surface area contributed by atoms with E-state index in [4.69, 9.17) is 5.11 Å². The van der Waals surface area contributed by atoms with Crippen molar-refractivity contribution in [2.75, 3.05) is 20.1 Å². The van der Waals surface area contributed by atoms with Crippen molar-refractivity contribution in [3.05, 3.63) is 20.8 Å². The summed E-state index contributed by atoms with van der Waals surface area (Å²) in [6.07, 6.45) is 1.17. The molecule has 8 heteroatoms. The number of likely N-dealkylation sites (N-methyl/N-ethyl adjacent to an activating group) is 1. The van der Waals surface area contributed by atoms with E-state index in [1.54, 1.807) is 19.2 Å². The molecule has 1 fully saturated rings. The first-order valence-electron chi connectivity index (χ1n) is 6.35. The summed E-state index contributed by atoms with van der Waals surface area (Å²) in [6, 6.07) is 3.46. The Morgan fingerprint density at radius 2 is 2.10 bits per heavy atom. The topological polar surface area (TPSA) is 86.7 Å². The van der Waals surface area contributed by atoms with E-state index in [-0.39, 0.29) is 24.9 Å². The van der Waals surface area contributed by atoms with Gasteiger partial charge < -0.3 is 15.3 Å². The van der Waals surface area contributed by atoms with Crippen molar-refractivity contribution >= 4 is 45.1 Å². The second-order valence-corrected chi connectivity index (χ2v) is 7.59. The summed E-state index contributed by atoms with van der Waals surface area (Å²) >= 11 is 4.58. The molecule has 6 nitrogen and oxygen atoms in total. The first-order chi connectivity index (χ1) is 9.84. The van der Waals surface area contributed by atoms with Crippen molar-refractivity contribution in [2.45, 2.75) is 12.8 Å². The van der Waals surface area contributed by atoms with E-state index in [2.05, 4.69) is 21.2 Å². The third-order valence-corrected chi connectivity index (χ3v) is 5.05. The van der Waals surface area contributed by atoms with Crippen LogP contribution >= 0.6 is 27.3 Å². The number of halogens is 1. The maximum atomic E-state index is 12.1. The fourth-order valence-electron chi connectivity index (χ4n) is 1.85. The molecule has 21 heavy (non-hydrogen) atoms. The third-order valence-electron chi connectivity index (χ3n) is 3.44. The molecule has 1 aliphatic rings. The summed E-state index contributed by atoms with van der Waals surface area (Å²) in [4.78, 5) is 36.7. The lowest BCUT2D eigenvalue weighted by atomic mass is 10.1. The number of carboxylic acids is 1. The Morgan fingerprint density at radius 3 is 2.57 bits per heavy atom. The highest BCUT2D eigenvalue weighted by Crippen LogP contribution is 2.45. The summed E-state index contributed by atoms with van der Waals surface area (Å²) in [5, 5.41) is 11.6. The van der Waals surface area contributed by atoms with Crippen molar-refractivity contribution in [2.24, 2.45) is 5.41 Å². The molecule has 2 rings (SSSR count). The van der Waals surface area contributed by atoms with Crippen molar-refractivity contribution < 1.29 is 19.5 Å². The maximum Gasteiger partial charge on any atom is 0.311 e. The Hall–Kier alpha value is -1.41. The largest absolute Gasteiger partial charge is 0.481 e. The van der Waals surface area contributed by atoms with Crippen LogP contribution in [0.2, 0.25) is 0 Å². The molecular formula is C13H15BrN2O4S. The lowest BCUT2D eigenvalue weighted by Gasteiger charge is -2.17. The molecule has 2 amide bonds. The molecular weight excluding hydrogens is 360 g/mol. The van der Waals surface area contributed by atoms with Crippen molar-refractivity contribution in [3.63, 3.8) is 0 Å². The number of carbonyl (C=O) groups is 3. The Morgan fingerprint density at radius 1 is 1.43 bits per heavy atom. The van der Waals surface area contributed by atoms with Crippen LogP contribution in [0, 0.1) is 5.41 Å². The number of hydrogen-bond donors (Lipinski definition) is 2. The zero-order valence-corrected chi connectivity index (χ0v) is 13.8. The molecule has 0 saturated heterocycles. The monoisotopic (exact) mass is 374 g/mol. The summed E-state index contributed by atoms with van der Waals surface area (Å²) in [6.45, 7) is 0.0256. The van der Waals surface area contributed by atoms with Gasteiger partial charge in [-0.25, -0.2) is 0 Å². The number of nitrogens with zero attached hydrogens (tertiary/aromatic N) is 1. The van der Waals surface area contributed by atoms with Gasteiger partial charge in [0.2, 0.25) is 5.91 Å². The molecule has 1 saturated carbocycles. The zero-order valence-electron chi connectivity index (χ0n) is 11.4. The summed E-state index contributed by atoms with van der Waals surface area (Å²) in [7, 11) is 1.54. The van der Waals surface area contributed by atoms with E-state index >= 15 is 0 Å². The number of thiophene rings is 1. The molecule has 1 aromatic rings. The van der Waals surface area contributed by atoms with Gasteiger partial charge in [0, 0.05) is 13.6 Å². The maximum absolute atomic E-state index is 12.1. The highest BCUT2D eigenvalue weighted by molar-refractivity contribution is 9.11. The van der Waals surface area contributed by atoms with Gasteiger partial charge >= 0.3 is 5.97 Å². The normalized spacial score (nSPS) is 15.3. The minimum absolute atomic E-state index is 0.0932. The highest BCUT2D eigenvalue weighted by Gasteiger charge is 2.50. The van der Waals surface area contributed by atoms with E-state index in [9.17, 15) is 14.4 Å². The van der Waals surface area contributed by atoms with Gasteiger partial charge in [0.1, 0.15) is 0 Å². The van der Waals surface area contributed by atoms with Crippen LogP contribution in [0.3, 0.4) is 0 Å². The van der Waals surface area contributed by atoms with Crippen molar-refractivity contribution in [1.82, 2.24) is 10.2 Å². The second kappa shape index (κ2) is 6.15. The van der Waals surface area contributed by atoms with Gasteiger partial charge in [-0.2, -0.15) is 0 Å². The minimum Gasteiger partial charge on any atom is -0.481 e. The molecule has 0 aromatic carbocycles. The number of carboxylic acid groups (broad SMARTS) is 1. The Bertz CT molecular complexity index is 582. The van der Waals surface area contributed by atoms with Gasteiger partial charge in [0.25, 0.3) is 5.91 Å². The first kappa shape index (κ1) is 16.0. The summed E-state index contributed by atoms with van der Waals surface area (Å²) < 4.78 is 0.848. The van der Waals surface area contributed by atoms with Crippen LogP contribution in [-0.2, 0) is 9.59 Å². The Labute approximate surface area is 134 Å². The van der Waals surface area contributed by atoms with Gasteiger partial charge in [-0.05, 0) is 40.9 Å². The van der Waals surface area contributed by atoms with Gasteiger partial charge in [0.05, 0.1) is 20.6 Å². The lowest BCUT2D eigenvalue weighted by molar-refractivity contribution is -0.143. The number of hydrogen-bond acceptors (Lipinski definition) is 4. The van der Waals surface area contributed by atoms with Gasteiger partial charge in [0.15, 0.2) is 0 Å². The predicted molar refractivity (Wildman–Crippen MR) is 81.3 cm³/mol. The molecule has 0 radical (unpaired) electrons.